The van der Waals surface area contributed by atoms with E-state index in [1.807, 2.05) is 31.2 Å². The number of amides is 1. The molecule has 6 rings (SSSR count). The molecule has 2 heterocycles. The van der Waals surface area contributed by atoms with Crippen molar-refractivity contribution in [1.82, 2.24) is 14.8 Å². The maximum Gasteiger partial charge on any atom is 0.256 e. The number of thiazole rings is 1. The van der Waals surface area contributed by atoms with Crippen LogP contribution in [0.4, 0.5) is 5.82 Å². The molecular weight excluding hydrogens is 468 g/mol. The Hall–Kier alpha value is -4.10. The van der Waals surface area contributed by atoms with E-state index in [0.29, 0.717) is 22.5 Å². The quantitative estimate of drug-likeness (QED) is 0.299. The first-order valence-corrected chi connectivity index (χ1v) is 12.9. The van der Waals surface area contributed by atoms with Gasteiger partial charge >= 0.3 is 0 Å². The first kappa shape index (κ1) is 22.4. The van der Waals surface area contributed by atoms with Crippen LogP contribution in [0.3, 0.4) is 0 Å². The van der Waals surface area contributed by atoms with Crippen molar-refractivity contribution < 1.29 is 9.59 Å². The van der Waals surface area contributed by atoms with Gasteiger partial charge in [0.05, 0.1) is 15.9 Å². The van der Waals surface area contributed by atoms with Crippen LogP contribution in [-0.4, -0.2) is 26.5 Å². The SMILES string of the molecule is Cc1cc(NC(=O)c2ccc(C(=O)c3ccccc3)cc2)n(-c2nc3cc4c(cc3s2)CCCC4)n1. The van der Waals surface area contributed by atoms with Crippen molar-refractivity contribution in [3.8, 4) is 5.13 Å². The van der Waals surface area contributed by atoms with Crippen molar-refractivity contribution in [2.75, 3.05) is 5.32 Å². The van der Waals surface area contributed by atoms with Crippen LogP contribution in [0.5, 0.6) is 0 Å². The van der Waals surface area contributed by atoms with Crippen LogP contribution in [0, 0.1) is 6.92 Å². The molecule has 1 aliphatic carbocycles. The summed E-state index contributed by atoms with van der Waals surface area (Å²) in [6.07, 6.45) is 4.69. The Labute approximate surface area is 212 Å². The smallest absolute Gasteiger partial charge is 0.256 e. The van der Waals surface area contributed by atoms with Gasteiger partial charge in [-0.25, -0.2) is 4.98 Å². The monoisotopic (exact) mass is 492 g/mol. The number of anilines is 1. The van der Waals surface area contributed by atoms with Crippen LogP contribution in [0.25, 0.3) is 15.3 Å². The maximum atomic E-state index is 13.0. The number of carbonyl (C=O) groups excluding carboxylic acids is 2. The molecule has 0 saturated heterocycles. The number of carbonyl (C=O) groups is 2. The van der Waals surface area contributed by atoms with Gasteiger partial charge in [-0.3, -0.25) is 9.59 Å². The number of hydrogen-bond donors (Lipinski definition) is 1. The van der Waals surface area contributed by atoms with Crippen LogP contribution in [0.15, 0.2) is 72.8 Å². The molecule has 1 amide bonds. The van der Waals surface area contributed by atoms with E-state index in [2.05, 4.69) is 22.5 Å². The van der Waals surface area contributed by atoms with E-state index in [4.69, 9.17) is 4.98 Å². The molecule has 5 aromatic rings. The van der Waals surface area contributed by atoms with E-state index >= 15 is 0 Å². The Balaban J connectivity index is 1.25. The third-order valence-corrected chi connectivity index (χ3v) is 7.53. The zero-order valence-electron chi connectivity index (χ0n) is 19.8. The number of nitrogens with zero attached hydrogens (tertiary/aromatic N) is 3. The highest BCUT2D eigenvalue weighted by molar-refractivity contribution is 7.20. The van der Waals surface area contributed by atoms with E-state index in [-0.39, 0.29) is 11.7 Å². The molecule has 0 saturated carbocycles. The Bertz CT molecular complexity index is 1560. The van der Waals surface area contributed by atoms with Crippen LogP contribution < -0.4 is 5.32 Å². The average Bonchev–Trinajstić information content (AvgIpc) is 3.49. The number of nitrogens with one attached hydrogen (secondary N) is 1. The molecule has 1 aliphatic rings. The molecule has 1 N–H and O–H groups in total. The van der Waals surface area contributed by atoms with Crippen molar-refractivity contribution in [1.29, 1.82) is 0 Å². The van der Waals surface area contributed by atoms with Gasteiger partial charge in [0, 0.05) is 22.8 Å². The molecule has 0 fully saturated rings. The Kier molecular flexibility index (Phi) is 5.70. The van der Waals surface area contributed by atoms with Gasteiger partial charge in [-0.2, -0.15) is 9.78 Å². The molecule has 3 aromatic carbocycles. The number of aryl methyl sites for hydroxylation is 3. The number of ketones is 1. The van der Waals surface area contributed by atoms with E-state index in [9.17, 15) is 9.59 Å². The van der Waals surface area contributed by atoms with Gasteiger partial charge in [0.15, 0.2) is 5.78 Å². The van der Waals surface area contributed by atoms with Crippen LogP contribution in [-0.2, 0) is 12.8 Å². The molecule has 0 atom stereocenters. The summed E-state index contributed by atoms with van der Waals surface area (Å²) in [5.74, 6) is 0.214. The molecule has 0 unspecified atom stereocenters. The fourth-order valence-electron chi connectivity index (χ4n) is 4.69. The van der Waals surface area contributed by atoms with Gasteiger partial charge in [0.25, 0.3) is 5.91 Å². The van der Waals surface area contributed by atoms with Gasteiger partial charge in [-0.1, -0.05) is 53.8 Å². The first-order valence-electron chi connectivity index (χ1n) is 12.1. The minimum Gasteiger partial charge on any atom is -0.306 e. The largest absolute Gasteiger partial charge is 0.306 e. The van der Waals surface area contributed by atoms with Gasteiger partial charge in [-0.15, -0.1) is 0 Å². The zero-order valence-corrected chi connectivity index (χ0v) is 20.6. The molecular formula is C29H24N4O2S. The Morgan fingerprint density at radius 1 is 0.861 bits per heavy atom. The van der Waals surface area contributed by atoms with Crippen molar-refractivity contribution in [2.24, 2.45) is 0 Å². The third kappa shape index (κ3) is 4.22. The number of benzene rings is 3. The summed E-state index contributed by atoms with van der Waals surface area (Å²) < 4.78 is 2.83. The summed E-state index contributed by atoms with van der Waals surface area (Å²) in [5, 5.41) is 8.29. The third-order valence-electron chi connectivity index (χ3n) is 6.54. The molecule has 2 aromatic heterocycles. The molecule has 0 spiro atoms. The lowest BCUT2D eigenvalue weighted by Gasteiger charge is -2.14. The van der Waals surface area contributed by atoms with E-state index < -0.39 is 0 Å². The van der Waals surface area contributed by atoms with E-state index in [1.165, 1.54) is 24.0 Å². The standard InChI is InChI=1S/C29H24N4O2S/c1-18-15-26(31-28(35)21-13-11-20(12-14-21)27(34)19-7-3-2-4-8-19)33(32-18)29-30-24-16-22-9-5-6-10-23(22)17-25(24)36-29/h2-4,7-8,11-17H,5-6,9-10H2,1H3,(H,31,35). The number of rotatable bonds is 5. The van der Waals surface area contributed by atoms with Gasteiger partial charge in [-0.05, 0) is 68.0 Å². The van der Waals surface area contributed by atoms with Crippen LogP contribution in [0.1, 0.15) is 55.9 Å². The fraction of sp³-hybridized carbons (Fsp3) is 0.172. The highest BCUT2D eigenvalue weighted by Crippen LogP contribution is 2.32. The highest BCUT2D eigenvalue weighted by atomic mass is 32.1. The summed E-state index contributed by atoms with van der Waals surface area (Å²) >= 11 is 1.58. The van der Waals surface area contributed by atoms with Crippen molar-refractivity contribution >= 4 is 39.1 Å². The minimum atomic E-state index is -0.272. The second-order valence-corrected chi connectivity index (χ2v) is 10.1. The molecule has 0 bridgehead atoms. The fourth-order valence-corrected chi connectivity index (χ4v) is 5.66. The van der Waals surface area contributed by atoms with Gasteiger partial charge in [0.1, 0.15) is 5.82 Å². The second-order valence-electron chi connectivity index (χ2n) is 9.10. The minimum absolute atomic E-state index is 0.0752. The van der Waals surface area contributed by atoms with Gasteiger partial charge < -0.3 is 5.32 Å². The molecule has 7 heteroatoms. The van der Waals surface area contributed by atoms with E-state index in [1.54, 1.807) is 52.4 Å². The van der Waals surface area contributed by atoms with Crippen LogP contribution in [0.2, 0.25) is 0 Å². The predicted octanol–water partition coefficient (Wildman–Crippen LogP) is 6.15. The summed E-state index contributed by atoms with van der Waals surface area (Å²) in [5.41, 5.74) is 6.18. The van der Waals surface area contributed by atoms with E-state index in [0.717, 1.165) is 33.9 Å². The van der Waals surface area contributed by atoms with Crippen LogP contribution >= 0.6 is 11.3 Å². The Morgan fingerprint density at radius 3 is 2.28 bits per heavy atom. The molecule has 178 valence electrons. The van der Waals surface area contributed by atoms with Crippen molar-refractivity contribution in [3.05, 3.63) is 106 Å². The maximum absolute atomic E-state index is 13.0. The van der Waals surface area contributed by atoms with Crippen molar-refractivity contribution in [2.45, 2.75) is 32.6 Å². The van der Waals surface area contributed by atoms with Crippen molar-refractivity contribution in [3.63, 3.8) is 0 Å². The van der Waals surface area contributed by atoms with Gasteiger partial charge in [0.2, 0.25) is 5.13 Å². The number of fused-ring (bicyclic) bond motifs is 2. The number of hydrogen-bond acceptors (Lipinski definition) is 5. The summed E-state index contributed by atoms with van der Waals surface area (Å²) in [7, 11) is 0. The normalized spacial score (nSPS) is 12.9. The summed E-state index contributed by atoms with van der Waals surface area (Å²) in [4.78, 5) is 30.5. The molecule has 36 heavy (non-hydrogen) atoms. The Morgan fingerprint density at radius 2 is 1.53 bits per heavy atom. The summed E-state index contributed by atoms with van der Waals surface area (Å²) in [6.45, 7) is 1.89. The molecule has 0 radical (unpaired) electrons. The lowest BCUT2D eigenvalue weighted by atomic mass is 9.92. The molecule has 6 nitrogen and oxygen atoms in total. The number of aromatic nitrogens is 3. The second kappa shape index (κ2) is 9.17. The first-order chi connectivity index (χ1) is 17.5. The lowest BCUT2D eigenvalue weighted by molar-refractivity contribution is 0.101. The average molecular weight is 493 g/mol. The zero-order chi connectivity index (χ0) is 24.6. The summed E-state index contributed by atoms with van der Waals surface area (Å²) in [6, 6.07) is 22.1. The topological polar surface area (TPSA) is 76.9 Å². The molecule has 0 aliphatic heterocycles. The lowest BCUT2D eigenvalue weighted by Crippen LogP contribution is -2.15. The predicted molar refractivity (Wildman–Crippen MR) is 142 cm³/mol. The highest BCUT2D eigenvalue weighted by Gasteiger charge is 2.18.